The Hall–Kier alpha value is 0. The van der Waals surface area contributed by atoms with E-state index in [9.17, 15) is 0 Å². The van der Waals surface area contributed by atoms with E-state index >= 15 is 0 Å². The molecule has 2 atom stereocenters. The average Bonchev–Trinajstić information content (AvgIpc) is 2.66. The molecule has 0 aromatic rings. The van der Waals surface area contributed by atoms with Crippen LogP contribution < -0.4 is 0 Å². The van der Waals surface area contributed by atoms with E-state index in [4.69, 9.17) is 0 Å². The summed E-state index contributed by atoms with van der Waals surface area (Å²) in [5.74, 6) is 3.01. The summed E-state index contributed by atoms with van der Waals surface area (Å²) >= 11 is 0. The van der Waals surface area contributed by atoms with E-state index in [2.05, 4.69) is 20.8 Å². The Balaban J connectivity index is 2.05. The van der Waals surface area contributed by atoms with Gasteiger partial charge in [0.2, 0.25) is 0 Å². The summed E-state index contributed by atoms with van der Waals surface area (Å²) in [7, 11) is 0. The molecule has 0 aromatic heterocycles. The molecule has 0 amide bonds. The maximum Gasteiger partial charge on any atom is -0.0412 e. The molecule has 0 radical (unpaired) electrons. The Labute approximate surface area is 90.5 Å². The van der Waals surface area contributed by atoms with E-state index in [1.807, 2.05) is 0 Å². The van der Waals surface area contributed by atoms with Crippen molar-refractivity contribution in [2.75, 3.05) is 0 Å². The summed E-state index contributed by atoms with van der Waals surface area (Å²) in [5.41, 5.74) is 0. The lowest BCUT2D eigenvalue weighted by molar-refractivity contribution is 0.347. The molecule has 1 aliphatic carbocycles. The minimum absolute atomic E-state index is 0.945. The van der Waals surface area contributed by atoms with Crippen LogP contribution in [0.25, 0.3) is 0 Å². The first-order valence-electron chi connectivity index (χ1n) is 6.72. The highest BCUT2D eigenvalue weighted by atomic mass is 14.2. The molecule has 0 aromatic carbocycles. The molecule has 1 fully saturated rings. The molecule has 0 bridgehead atoms. The molecule has 1 rings (SSSR count). The standard InChI is InChI=1S/C14H28/c1-4-12(2)9-10-13(3)11-14-7-5-6-8-14/h12-14H,4-11H2,1-3H3. The summed E-state index contributed by atoms with van der Waals surface area (Å²) in [6.45, 7) is 7.16. The van der Waals surface area contributed by atoms with Crippen LogP contribution in [-0.4, -0.2) is 0 Å². The fraction of sp³-hybridized carbons (Fsp3) is 1.00. The second-order valence-corrected chi connectivity index (χ2v) is 5.58. The Morgan fingerprint density at radius 2 is 1.57 bits per heavy atom. The van der Waals surface area contributed by atoms with Gasteiger partial charge in [-0.05, 0) is 24.2 Å². The molecule has 0 aliphatic heterocycles. The van der Waals surface area contributed by atoms with E-state index in [0.29, 0.717) is 0 Å². The summed E-state index contributed by atoms with van der Waals surface area (Å²) < 4.78 is 0. The van der Waals surface area contributed by atoms with E-state index in [0.717, 1.165) is 17.8 Å². The van der Waals surface area contributed by atoms with Crippen molar-refractivity contribution in [1.82, 2.24) is 0 Å². The fourth-order valence-electron chi connectivity index (χ4n) is 2.71. The second-order valence-electron chi connectivity index (χ2n) is 5.58. The third-order valence-electron chi connectivity index (χ3n) is 4.06. The molecule has 14 heavy (non-hydrogen) atoms. The van der Waals surface area contributed by atoms with Gasteiger partial charge in [-0.15, -0.1) is 0 Å². The lowest BCUT2D eigenvalue weighted by Gasteiger charge is -2.17. The minimum atomic E-state index is 0.945. The largest absolute Gasteiger partial charge is 0.0651 e. The van der Waals surface area contributed by atoms with Crippen LogP contribution in [0.1, 0.15) is 72.1 Å². The van der Waals surface area contributed by atoms with Gasteiger partial charge in [-0.2, -0.15) is 0 Å². The maximum absolute atomic E-state index is 2.46. The van der Waals surface area contributed by atoms with Crippen molar-refractivity contribution in [3.63, 3.8) is 0 Å². The Bertz CT molecular complexity index is 133. The van der Waals surface area contributed by atoms with Crippen LogP contribution in [0.2, 0.25) is 0 Å². The Kier molecular flexibility index (Phi) is 5.59. The third kappa shape index (κ3) is 4.48. The molecule has 84 valence electrons. The number of hydrogen-bond acceptors (Lipinski definition) is 0. The predicted octanol–water partition coefficient (Wildman–Crippen LogP) is 5.03. The summed E-state index contributed by atoms with van der Waals surface area (Å²) in [6, 6.07) is 0. The average molecular weight is 196 g/mol. The van der Waals surface area contributed by atoms with Gasteiger partial charge in [0, 0.05) is 0 Å². The van der Waals surface area contributed by atoms with Crippen LogP contribution in [0.5, 0.6) is 0 Å². The van der Waals surface area contributed by atoms with Crippen molar-refractivity contribution in [3.05, 3.63) is 0 Å². The van der Waals surface area contributed by atoms with Gasteiger partial charge in [0.05, 0.1) is 0 Å². The molecule has 2 unspecified atom stereocenters. The van der Waals surface area contributed by atoms with Gasteiger partial charge in [-0.1, -0.05) is 65.7 Å². The van der Waals surface area contributed by atoms with E-state index in [-0.39, 0.29) is 0 Å². The second kappa shape index (κ2) is 6.48. The predicted molar refractivity (Wildman–Crippen MR) is 64.4 cm³/mol. The normalized spacial score (nSPS) is 22.5. The first kappa shape index (κ1) is 12.1. The molecule has 0 N–H and O–H groups in total. The van der Waals surface area contributed by atoms with Crippen molar-refractivity contribution >= 4 is 0 Å². The first-order chi connectivity index (χ1) is 6.72. The topological polar surface area (TPSA) is 0 Å². The third-order valence-corrected chi connectivity index (χ3v) is 4.06. The molecule has 0 saturated heterocycles. The van der Waals surface area contributed by atoms with Crippen LogP contribution >= 0.6 is 0 Å². The Morgan fingerprint density at radius 3 is 2.14 bits per heavy atom. The highest BCUT2D eigenvalue weighted by Crippen LogP contribution is 2.32. The fourth-order valence-corrected chi connectivity index (χ4v) is 2.71. The molecule has 1 saturated carbocycles. The van der Waals surface area contributed by atoms with Gasteiger partial charge < -0.3 is 0 Å². The van der Waals surface area contributed by atoms with Gasteiger partial charge in [0.25, 0.3) is 0 Å². The Morgan fingerprint density at radius 1 is 1.00 bits per heavy atom. The first-order valence-corrected chi connectivity index (χ1v) is 6.72. The number of hydrogen-bond donors (Lipinski definition) is 0. The van der Waals surface area contributed by atoms with Gasteiger partial charge >= 0.3 is 0 Å². The van der Waals surface area contributed by atoms with Gasteiger partial charge in [-0.3, -0.25) is 0 Å². The smallest absolute Gasteiger partial charge is 0.0412 e. The van der Waals surface area contributed by atoms with E-state index < -0.39 is 0 Å². The maximum atomic E-state index is 2.46. The van der Waals surface area contributed by atoms with Crippen molar-refractivity contribution in [1.29, 1.82) is 0 Å². The molecular formula is C14H28. The zero-order valence-electron chi connectivity index (χ0n) is 10.4. The highest BCUT2D eigenvalue weighted by molar-refractivity contribution is 4.70. The van der Waals surface area contributed by atoms with Crippen LogP contribution in [0, 0.1) is 17.8 Å². The minimum Gasteiger partial charge on any atom is -0.0651 e. The van der Waals surface area contributed by atoms with Gasteiger partial charge in [0.1, 0.15) is 0 Å². The van der Waals surface area contributed by atoms with Crippen molar-refractivity contribution < 1.29 is 0 Å². The van der Waals surface area contributed by atoms with Crippen LogP contribution in [0.3, 0.4) is 0 Å². The molecular weight excluding hydrogens is 168 g/mol. The monoisotopic (exact) mass is 196 g/mol. The van der Waals surface area contributed by atoms with Gasteiger partial charge in [0.15, 0.2) is 0 Å². The molecule has 0 heterocycles. The molecule has 0 spiro atoms. The van der Waals surface area contributed by atoms with Crippen LogP contribution in [0.15, 0.2) is 0 Å². The lowest BCUT2D eigenvalue weighted by atomic mass is 9.89. The van der Waals surface area contributed by atoms with Gasteiger partial charge in [-0.25, -0.2) is 0 Å². The van der Waals surface area contributed by atoms with Crippen molar-refractivity contribution in [2.45, 2.75) is 72.1 Å². The van der Waals surface area contributed by atoms with Crippen LogP contribution in [0.4, 0.5) is 0 Å². The van der Waals surface area contributed by atoms with Crippen LogP contribution in [-0.2, 0) is 0 Å². The SMILES string of the molecule is CCC(C)CCC(C)CC1CCCC1. The lowest BCUT2D eigenvalue weighted by Crippen LogP contribution is -2.05. The van der Waals surface area contributed by atoms with E-state index in [1.165, 1.54) is 51.4 Å². The quantitative estimate of drug-likeness (QED) is 0.559. The highest BCUT2D eigenvalue weighted by Gasteiger charge is 2.17. The summed E-state index contributed by atoms with van der Waals surface area (Å²) in [5, 5.41) is 0. The molecule has 0 heteroatoms. The zero-order chi connectivity index (χ0) is 10.4. The molecule has 0 nitrogen and oxygen atoms in total. The summed E-state index contributed by atoms with van der Waals surface area (Å²) in [6.07, 6.45) is 11.8. The van der Waals surface area contributed by atoms with Crippen molar-refractivity contribution in [2.24, 2.45) is 17.8 Å². The molecule has 1 aliphatic rings. The number of rotatable bonds is 6. The van der Waals surface area contributed by atoms with E-state index in [1.54, 1.807) is 0 Å². The van der Waals surface area contributed by atoms with Crippen molar-refractivity contribution in [3.8, 4) is 0 Å². The zero-order valence-corrected chi connectivity index (χ0v) is 10.4. The summed E-state index contributed by atoms with van der Waals surface area (Å²) in [4.78, 5) is 0.